The number of carbonyl (C=O) groups is 1. The average molecular weight is 362 g/mol. The fourth-order valence-corrected chi connectivity index (χ4v) is 3.41. The zero-order valence-electron chi connectivity index (χ0n) is 12.7. The highest BCUT2D eigenvalue weighted by atomic mass is 79.9. The van der Waals surface area contributed by atoms with Crippen molar-refractivity contribution in [1.82, 2.24) is 10.3 Å². The van der Waals surface area contributed by atoms with Crippen LogP contribution < -0.4 is 10.2 Å². The van der Waals surface area contributed by atoms with Crippen LogP contribution >= 0.6 is 15.9 Å². The van der Waals surface area contributed by atoms with Crippen LogP contribution in [-0.4, -0.2) is 30.5 Å². The van der Waals surface area contributed by atoms with Crippen molar-refractivity contribution >= 4 is 38.4 Å². The van der Waals surface area contributed by atoms with Crippen LogP contribution in [0.15, 0.2) is 34.9 Å². The molecule has 22 heavy (non-hydrogen) atoms. The summed E-state index contributed by atoms with van der Waals surface area (Å²) < 4.78 is 1.08. The molecule has 3 rings (SSSR count). The number of rotatable bonds is 3. The lowest BCUT2D eigenvalue weighted by atomic mass is 9.96. The summed E-state index contributed by atoms with van der Waals surface area (Å²) in [4.78, 5) is 17.9. The van der Waals surface area contributed by atoms with Gasteiger partial charge >= 0.3 is 0 Å². The van der Waals surface area contributed by atoms with Gasteiger partial charge in [-0.3, -0.25) is 9.78 Å². The summed E-state index contributed by atoms with van der Waals surface area (Å²) in [6.45, 7) is 4.42. The van der Waals surface area contributed by atoms with E-state index in [4.69, 9.17) is 0 Å². The third-order valence-corrected chi connectivity index (χ3v) is 4.77. The number of nitrogens with zero attached hydrogens (tertiary/aromatic N) is 2. The first-order valence-corrected chi connectivity index (χ1v) is 8.46. The highest BCUT2D eigenvalue weighted by Gasteiger charge is 2.20. The summed E-state index contributed by atoms with van der Waals surface area (Å²) in [5.74, 6) is 0.646. The van der Waals surface area contributed by atoms with E-state index in [1.807, 2.05) is 18.3 Å². The predicted octanol–water partition coefficient (Wildman–Crippen LogP) is 3.35. The molecular weight excluding hydrogens is 342 g/mol. The number of nitrogens with one attached hydrogen (secondary N) is 1. The first-order valence-electron chi connectivity index (χ1n) is 7.67. The van der Waals surface area contributed by atoms with Crippen molar-refractivity contribution in [3.63, 3.8) is 0 Å². The Balaban J connectivity index is 1.74. The Hall–Kier alpha value is -1.62. The van der Waals surface area contributed by atoms with Crippen LogP contribution in [0.1, 0.15) is 19.8 Å². The minimum atomic E-state index is 0.0624. The third kappa shape index (κ3) is 3.40. The molecule has 1 fully saturated rings. The van der Waals surface area contributed by atoms with Crippen molar-refractivity contribution in [2.45, 2.75) is 19.8 Å². The number of hydrogen-bond acceptors (Lipinski definition) is 3. The van der Waals surface area contributed by atoms with Crippen molar-refractivity contribution in [1.29, 1.82) is 0 Å². The Kier molecular flexibility index (Phi) is 4.62. The van der Waals surface area contributed by atoms with E-state index >= 15 is 0 Å². The van der Waals surface area contributed by atoms with Crippen LogP contribution in [0.25, 0.3) is 10.9 Å². The molecule has 0 bridgehead atoms. The minimum Gasteiger partial charge on any atom is -0.371 e. The predicted molar refractivity (Wildman–Crippen MR) is 93.1 cm³/mol. The molecule has 2 aromatic rings. The smallest absolute Gasteiger partial charge is 0.216 e. The van der Waals surface area contributed by atoms with Gasteiger partial charge in [0.05, 0.1) is 5.52 Å². The molecule has 5 heteroatoms. The number of benzene rings is 1. The molecule has 1 amide bonds. The Bertz CT molecular complexity index is 681. The zero-order valence-corrected chi connectivity index (χ0v) is 14.3. The third-order valence-electron chi connectivity index (χ3n) is 4.28. The second-order valence-corrected chi connectivity index (χ2v) is 6.77. The molecule has 2 heterocycles. The molecule has 1 saturated heterocycles. The van der Waals surface area contributed by atoms with Gasteiger partial charge in [-0.1, -0.05) is 15.9 Å². The Morgan fingerprint density at radius 2 is 2.14 bits per heavy atom. The van der Waals surface area contributed by atoms with E-state index in [0.29, 0.717) is 5.92 Å². The molecule has 0 aliphatic carbocycles. The van der Waals surface area contributed by atoms with Gasteiger partial charge in [0.1, 0.15) is 0 Å². The summed E-state index contributed by atoms with van der Waals surface area (Å²) >= 11 is 3.55. The fraction of sp³-hybridized carbons (Fsp3) is 0.412. The Labute approximate surface area is 139 Å². The molecule has 0 unspecified atom stereocenters. The van der Waals surface area contributed by atoms with E-state index < -0.39 is 0 Å². The number of halogens is 1. The van der Waals surface area contributed by atoms with Gasteiger partial charge in [-0.05, 0) is 43.0 Å². The second kappa shape index (κ2) is 6.65. The lowest BCUT2D eigenvalue weighted by Crippen LogP contribution is -2.38. The Morgan fingerprint density at radius 3 is 2.86 bits per heavy atom. The van der Waals surface area contributed by atoms with Crippen LogP contribution in [-0.2, 0) is 4.79 Å². The van der Waals surface area contributed by atoms with Crippen molar-refractivity contribution in [3.8, 4) is 0 Å². The van der Waals surface area contributed by atoms with Gasteiger partial charge in [-0.2, -0.15) is 0 Å². The normalized spacial score (nSPS) is 16.0. The van der Waals surface area contributed by atoms with Gasteiger partial charge in [0.15, 0.2) is 0 Å². The van der Waals surface area contributed by atoms with Crippen LogP contribution in [0, 0.1) is 5.92 Å². The van der Waals surface area contributed by atoms with Gasteiger partial charge in [-0.25, -0.2) is 0 Å². The van der Waals surface area contributed by atoms with E-state index in [1.54, 1.807) is 6.92 Å². The largest absolute Gasteiger partial charge is 0.371 e. The number of piperidine rings is 1. The number of pyridine rings is 1. The lowest BCUT2D eigenvalue weighted by Gasteiger charge is -2.34. The molecule has 1 aliphatic rings. The number of anilines is 1. The zero-order chi connectivity index (χ0) is 15.5. The molecule has 116 valence electrons. The van der Waals surface area contributed by atoms with Gasteiger partial charge in [-0.15, -0.1) is 0 Å². The molecule has 1 N–H and O–H groups in total. The molecule has 0 radical (unpaired) electrons. The molecule has 1 aromatic carbocycles. The number of aromatic nitrogens is 1. The standard InChI is InChI=1S/C17H20BrN3O/c1-12(22)20-11-13-5-8-21(9-6-13)17-4-7-19-16-3-2-14(18)10-15(16)17/h2-4,7,10,13H,5-6,8-9,11H2,1H3,(H,20,22). The quantitative estimate of drug-likeness (QED) is 0.911. The van der Waals surface area contributed by atoms with Crippen LogP contribution in [0.3, 0.4) is 0 Å². The maximum Gasteiger partial charge on any atom is 0.216 e. The molecular formula is C17H20BrN3O. The first kappa shape index (κ1) is 15.3. The van der Waals surface area contributed by atoms with Gasteiger partial charge in [0.25, 0.3) is 0 Å². The topological polar surface area (TPSA) is 45.2 Å². The first-order chi connectivity index (χ1) is 10.6. The van der Waals surface area contributed by atoms with Gasteiger partial charge < -0.3 is 10.2 Å². The SMILES string of the molecule is CC(=O)NCC1CCN(c2ccnc3ccc(Br)cc23)CC1. The molecule has 0 spiro atoms. The van der Waals surface area contributed by atoms with E-state index in [9.17, 15) is 4.79 Å². The second-order valence-electron chi connectivity index (χ2n) is 5.86. The number of hydrogen-bond donors (Lipinski definition) is 1. The lowest BCUT2D eigenvalue weighted by molar-refractivity contribution is -0.119. The summed E-state index contributed by atoms with van der Waals surface area (Å²) in [6.07, 6.45) is 4.10. The van der Waals surface area contributed by atoms with E-state index in [-0.39, 0.29) is 5.91 Å². The van der Waals surface area contributed by atoms with E-state index in [0.717, 1.165) is 42.5 Å². The maximum atomic E-state index is 11.0. The summed E-state index contributed by atoms with van der Waals surface area (Å²) in [5, 5.41) is 4.13. The van der Waals surface area contributed by atoms with Crippen molar-refractivity contribution in [2.24, 2.45) is 5.92 Å². The van der Waals surface area contributed by atoms with Crippen molar-refractivity contribution < 1.29 is 4.79 Å². The van der Waals surface area contributed by atoms with Crippen LogP contribution in [0.2, 0.25) is 0 Å². The van der Waals surface area contributed by atoms with E-state index in [1.165, 1.54) is 11.1 Å². The molecule has 1 aromatic heterocycles. The minimum absolute atomic E-state index is 0.0624. The van der Waals surface area contributed by atoms with Crippen molar-refractivity contribution in [2.75, 3.05) is 24.5 Å². The molecule has 4 nitrogen and oxygen atoms in total. The Morgan fingerprint density at radius 1 is 1.36 bits per heavy atom. The summed E-state index contributed by atoms with van der Waals surface area (Å²) in [5.41, 5.74) is 2.28. The highest BCUT2D eigenvalue weighted by Crippen LogP contribution is 2.30. The van der Waals surface area contributed by atoms with Gasteiger partial charge in [0, 0.05) is 48.3 Å². The van der Waals surface area contributed by atoms with Crippen molar-refractivity contribution in [3.05, 3.63) is 34.9 Å². The van der Waals surface area contributed by atoms with Crippen LogP contribution in [0.4, 0.5) is 5.69 Å². The number of amides is 1. The van der Waals surface area contributed by atoms with Gasteiger partial charge in [0.2, 0.25) is 5.91 Å². The maximum absolute atomic E-state index is 11.0. The monoisotopic (exact) mass is 361 g/mol. The molecule has 0 atom stereocenters. The van der Waals surface area contributed by atoms with E-state index in [2.05, 4.69) is 43.3 Å². The fourth-order valence-electron chi connectivity index (χ4n) is 3.05. The highest BCUT2D eigenvalue weighted by molar-refractivity contribution is 9.10. The number of carbonyl (C=O) groups excluding carboxylic acids is 1. The average Bonchev–Trinajstić information content (AvgIpc) is 2.53. The summed E-state index contributed by atoms with van der Waals surface area (Å²) in [7, 11) is 0. The van der Waals surface area contributed by atoms with Crippen LogP contribution in [0.5, 0.6) is 0 Å². The molecule has 1 aliphatic heterocycles. The number of fused-ring (bicyclic) bond motifs is 1. The molecule has 0 saturated carbocycles. The summed E-state index contributed by atoms with van der Waals surface area (Å²) in [6, 6.07) is 8.31.